The first kappa shape index (κ1) is 83.1. The number of carbonyl (C=O) groups excluding carboxylic acids is 4. The van der Waals surface area contributed by atoms with Gasteiger partial charge in [0.05, 0.1) is 26.4 Å². The van der Waals surface area contributed by atoms with Crippen molar-refractivity contribution in [3.63, 3.8) is 0 Å². The molecule has 0 saturated heterocycles. The molecular formula is C66H128O17P2. The molecule has 0 aromatic carbocycles. The third-order valence-electron chi connectivity index (χ3n) is 15.3. The SMILES string of the molecule is CCCCCCCCCCCCCCCCCCCCC(=O)O[C@H](COC(=O)CCCCCCCCCCCCC)COP(=O)(O)OC[C@@H](O)COP(=O)(O)OC[C@@H](COC(=O)CCCCCCCCC)OC(=O)CCCCCCCCC(C)C. The summed E-state index contributed by atoms with van der Waals surface area (Å²) in [5.74, 6) is -1.47. The molecule has 0 aliphatic carbocycles. The summed E-state index contributed by atoms with van der Waals surface area (Å²) in [6.07, 6.45) is 44.8. The summed E-state index contributed by atoms with van der Waals surface area (Å²) in [4.78, 5) is 72.1. The van der Waals surface area contributed by atoms with Gasteiger partial charge in [0.25, 0.3) is 0 Å². The third-order valence-corrected chi connectivity index (χ3v) is 17.2. The highest BCUT2D eigenvalue weighted by molar-refractivity contribution is 7.47. The average Bonchev–Trinajstić information content (AvgIpc) is 3.52. The van der Waals surface area contributed by atoms with E-state index in [9.17, 15) is 43.2 Å². The van der Waals surface area contributed by atoms with E-state index in [-0.39, 0.29) is 25.7 Å². The molecular weight excluding hydrogens is 1130 g/mol. The molecule has 85 heavy (non-hydrogen) atoms. The van der Waals surface area contributed by atoms with Crippen LogP contribution in [0.2, 0.25) is 0 Å². The maximum Gasteiger partial charge on any atom is 0.472 e. The lowest BCUT2D eigenvalue weighted by Crippen LogP contribution is -2.30. The lowest BCUT2D eigenvalue weighted by molar-refractivity contribution is -0.161. The van der Waals surface area contributed by atoms with Gasteiger partial charge in [-0.3, -0.25) is 37.3 Å². The molecule has 0 rings (SSSR count). The minimum atomic E-state index is -4.95. The molecule has 0 saturated carbocycles. The highest BCUT2D eigenvalue weighted by Gasteiger charge is 2.30. The number of unbranched alkanes of at least 4 members (excludes halogenated alkanes) is 38. The average molecular weight is 1260 g/mol. The van der Waals surface area contributed by atoms with Crippen LogP contribution in [-0.4, -0.2) is 96.7 Å². The Morgan fingerprint density at radius 2 is 0.541 bits per heavy atom. The number of hydrogen-bond donors (Lipinski definition) is 3. The van der Waals surface area contributed by atoms with Gasteiger partial charge in [0.2, 0.25) is 0 Å². The molecule has 0 aliphatic rings. The molecule has 0 fully saturated rings. The molecule has 0 heterocycles. The maximum atomic E-state index is 13.0. The number of esters is 4. The van der Waals surface area contributed by atoms with Crippen LogP contribution in [-0.2, 0) is 65.4 Å². The fourth-order valence-corrected chi connectivity index (χ4v) is 11.5. The maximum absolute atomic E-state index is 13.0. The van der Waals surface area contributed by atoms with E-state index in [0.29, 0.717) is 31.6 Å². The van der Waals surface area contributed by atoms with Crippen LogP contribution >= 0.6 is 15.6 Å². The van der Waals surface area contributed by atoms with Crippen LogP contribution in [0.1, 0.15) is 336 Å². The Bertz CT molecular complexity index is 1650. The molecule has 0 aromatic heterocycles. The van der Waals surface area contributed by atoms with Crippen molar-refractivity contribution in [2.24, 2.45) is 5.92 Å². The Hall–Kier alpha value is -1.94. The molecule has 0 bridgehead atoms. The van der Waals surface area contributed by atoms with E-state index in [4.69, 9.17) is 37.0 Å². The van der Waals surface area contributed by atoms with E-state index in [2.05, 4.69) is 34.6 Å². The molecule has 19 heteroatoms. The highest BCUT2D eigenvalue weighted by Crippen LogP contribution is 2.45. The van der Waals surface area contributed by atoms with Gasteiger partial charge in [-0.25, -0.2) is 9.13 Å². The molecule has 5 atom stereocenters. The van der Waals surface area contributed by atoms with E-state index >= 15 is 0 Å². The smallest absolute Gasteiger partial charge is 0.462 e. The van der Waals surface area contributed by atoms with Crippen LogP contribution in [0.5, 0.6) is 0 Å². The molecule has 0 spiro atoms. The van der Waals surface area contributed by atoms with Gasteiger partial charge in [0.15, 0.2) is 12.2 Å². The van der Waals surface area contributed by atoms with Crippen LogP contribution in [0.25, 0.3) is 0 Å². The Morgan fingerprint density at radius 3 is 0.800 bits per heavy atom. The zero-order chi connectivity index (χ0) is 62.8. The predicted octanol–water partition coefficient (Wildman–Crippen LogP) is 18.6. The van der Waals surface area contributed by atoms with E-state index in [0.717, 1.165) is 103 Å². The van der Waals surface area contributed by atoms with Gasteiger partial charge in [-0.1, -0.05) is 285 Å². The highest BCUT2D eigenvalue weighted by atomic mass is 31.2. The van der Waals surface area contributed by atoms with E-state index in [1.807, 2.05) is 0 Å². The number of carbonyl (C=O) groups is 4. The summed E-state index contributed by atoms with van der Waals surface area (Å²) in [5.41, 5.74) is 0. The lowest BCUT2D eigenvalue weighted by Gasteiger charge is -2.21. The van der Waals surface area contributed by atoms with Crippen LogP contribution in [0, 0.1) is 5.92 Å². The molecule has 0 aromatic rings. The van der Waals surface area contributed by atoms with Gasteiger partial charge in [0, 0.05) is 25.7 Å². The van der Waals surface area contributed by atoms with Crippen LogP contribution in [0.15, 0.2) is 0 Å². The molecule has 2 unspecified atom stereocenters. The van der Waals surface area contributed by atoms with Crippen molar-refractivity contribution in [1.29, 1.82) is 0 Å². The van der Waals surface area contributed by atoms with Crippen molar-refractivity contribution >= 4 is 39.5 Å². The number of aliphatic hydroxyl groups is 1. The number of rotatable bonds is 66. The molecule has 504 valence electrons. The van der Waals surface area contributed by atoms with Crippen molar-refractivity contribution in [3.05, 3.63) is 0 Å². The van der Waals surface area contributed by atoms with Gasteiger partial charge in [-0.2, -0.15) is 0 Å². The summed E-state index contributed by atoms with van der Waals surface area (Å²) in [6, 6.07) is 0. The second kappa shape index (κ2) is 59.7. The summed E-state index contributed by atoms with van der Waals surface area (Å²) in [7, 11) is -9.88. The molecule has 0 radical (unpaired) electrons. The van der Waals surface area contributed by atoms with Crippen LogP contribution in [0.3, 0.4) is 0 Å². The quantitative estimate of drug-likeness (QED) is 0.0222. The summed E-state index contributed by atoms with van der Waals surface area (Å²) in [5, 5.41) is 10.5. The van der Waals surface area contributed by atoms with Gasteiger partial charge >= 0.3 is 39.5 Å². The van der Waals surface area contributed by atoms with E-state index in [1.54, 1.807) is 0 Å². The predicted molar refractivity (Wildman–Crippen MR) is 340 cm³/mol. The minimum Gasteiger partial charge on any atom is -0.462 e. The standard InChI is InChI=1S/C66H128O17P2/c1-6-9-12-15-18-20-22-23-24-25-26-27-28-30-32-35-41-46-51-65(70)82-61(56-77-64(69)50-45-40-34-31-29-21-19-16-13-10-7-2)57-80-84(72,73)78-53-60(67)54-79-85(74,75)81-58-62(55-76-63(68)49-44-39-33-17-14-11-8-3)83-66(71)52-47-42-37-36-38-43-48-59(4)5/h59-62,67H,6-58H2,1-5H3,(H,72,73)(H,74,75)/t60-,61-,62-/m1/s1. The third kappa shape index (κ3) is 60.7. The largest absolute Gasteiger partial charge is 0.472 e. The number of phosphoric ester groups is 2. The zero-order valence-electron chi connectivity index (χ0n) is 54.7. The first-order chi connectivity index (χ1) is 41.0. The Labute approximate surface area is 517 Å². The Balaban J connectivity index is 5.16. The topological polar surface area (TPSA) is 237 Å². The summed E-state index contributed by atoms with van der Waals surface area (Å²) >= 11 is 0. The second-order valence-corrected chi connectivity index (χ2v) is 27.2. The normalized spacial score (nSPS) is 14.2. The number of hydrogen-bond acceptors (Lipinski definition) is 15. The van der Waals surface area contributed by atoms with Gasteiger partial charge in [-0.15, -0.1) is 0 Å². The van der Waals surface area contributed by atoms with Crippen molar-refractivity contribution < 1.29 is 80.2 Å². The van der Waals surface area contributed by atoms with E-state index in [1.165, 1.54) is 148 Å². The van der Waals surface area contributed by atoms with Crippen molar-refractivity contribution in [3.8, 4) is 0 Å². The summed E-state index contributed by atoms with van der Waals surface area (Å²) in [6.45, 7) is 7.08. The zero-order valence-corrected chi connectivity index (χ0v) is 56.5. The Morgan fingerprint density at radius 1 is 0.318 bits per heavy atom. The molecule has 17 nitrogen and oxygen atoms in total. The molecule has 0 amide bonds. The molecule has 3 N–H and O–H groups in total. The van der Waals surface area contributed by atoms with Gasteiger partial charge < -0.3 is 33.8 Å². The monoisotopic (exact) mass is 1250 g/mol. The van der Waals surface area contributed by atoms with Gasteiger partial charge in [0.1, 0.15) is 19.3 Å². The van der Waals surface area contributed by atoms with E-state index < -0.39 is 97.5 Å². The first-order valence-electron chi connectivity index (χ1n) is 34.6. The number of ether oxygens (including phenoxy) is 4. The van der Waals surface area contributed by atoms with Crippen molar-refractivity contribution in [2.45, 2.75) is 355 Å². The van der Waals surface area contributed by atoms with Crippen molar-refractivity contribution in [1.82, 2.24) is 0 Å². The number of aliphatic hydroxyl groups excluding tert-OH is 1. The minimum absolute atomic E-state index is 0.102. The van der Waals surface area contributed by atoms with Crippen molar-refractivity contribution in [2.75, 3.05) is 39.6 Å². The van der Waals surface area contributed by atoms with Gasteiger partial charge in [-0.05, 0) is 31.6 Å². The Kier molecular flexibility index (Phi) is 58.3. The van der Waals surface area contributed by atoms with Crippen LogP contribution < -0.4 is 0 Å². The first-order valence-corrected chi connectivity index (χ1v) is 37.6. The van der Waals surface area contributed by atoms with Crippen LogP contribution in [0.4, 0.5) is 0 Å². The second-order valence-electron chi connectivity index (χ2n) is 24.3. The lowest BCUT2D eigenvalue weighted by atomic mass is 10.0. The molecule has 0 aliphatic heterocycles. The number of phosphoric acid groups is 2. The summed E-state index contributed by atoms with van der Waals surface area (Å²) < 4.78 is 67.9. The fourth-order valence-electron chi connectivity index (χ4n) is 9.94. The fraction of sp³-hybridized carbons (Fsp3) is 0.939.